The first-order chi connectivity index (χ1) is 9.02. The Kier molecular flexibility index (Phi) is 4.28. The average molecular weight is 276 g/mol. The Bertz CT molecular complexity index is 528. The van der Waals surface area contributed by atoms with E-state index >= 15 is 0 Å². The molecule has 1 aromatic rings. The Morgan fingerprint density at radius 3 is 2.68 bits per heavy atom. The van der Waals surface area contributed by atoms with E-state index in [0.29, 0.717) is 18.4 Å². The predicted molar refractivity (Wildman–Crippen MR) is 79.2 cm³/mol. The topological polar surface area (TPSA) is 46.3 Å². The van der Waals surface area contributed by atoms with E-state index in [9.17, 15) is 4.79 Å². The van der Waals surface area contributed by atoms with Crippen molar-refractivity contribution in [1.29, 1.82) is 0 Å². The largest absolute Gasteiger partial charge is 0.337 e. The van der Waals surface area contributed by atoms with Crippen molar-refractivity contribution in [1.82, 2.24) is 4.90 Å². The van der Waals surface area contributed by atoms with Gasteiger partial charge >= 0.3 is 0 Å². The molecule has 0 bridgehead atoms. The summed E-state index contributed by atoms with van der Waals surface area (Å²) in [6.45, 7) is 8.47. The van der Waals surface area contributed by atoms with E-state index in [1.165, 1.54) is 11.3 Å². The molecule has 2 rings (SSSR count). The number of carbonyl (C=O) groups is 1. The van der Waals surface area contributed by atoms with Gasteiger partial charge in [0.05, 0.1) is 16.3 Å². The summed E-state index contributed by atoms with van der Waals surface area (Å²) in [5, 5.41) is 0. The van der Waals surface area contributed by atoms with Crippen LogP contribution < -0.4 is 5.73 Å². The third-order valence-electron chi connectivity index (χ3n) is 3.71. The van der Waals surface area contributed by atoms with E-state index in [1.807, 2.05) is 17.9 Å². The Morgan fingerprint density at radius 1 is 1.47 bits per heavy atom. The van der Waals surface area contributed by atoms with Crippen LogP contribution in [0.25, 0.3) is 0 Å². The summed E-state index contributed by atoms with van der Waals surface area (Å²) in [7, 11) is 0. The highest BCUT2D eigenvalue weighted by Gasteiger charge is 2.30. The first-order valence-electron chi connectivity index (χ1n) is 6.61. The highest BCUT2D eigenvalue weighted by molar-refractivity contribution is 7.14. The highest BCUT2D eigenvalue weighted by Crippen LogP contribution is 2.27. The summed E-state index contributed by atoms with van der Waals surface area (Å²) in [5.74, 6) is 7.19. The van der Waals surface area contributed by atoms with Crippen LogP contribution in [0.15, 0.2) is 6.07 Å². The van der Waals surface area contributed by atoms with E-state index < -0.39 is 0 Å². The standard InChI is InChI=1S/C15H20N2OS/c1-10-7-14(19-13(10)5-4-6-16)15(18)17-8-11(2)12(3)9-17/h7,11-12H,6,8-9,16H2,1-3H3. The number of hydrogen-bond acceptors (Lipinski definition) is 3. The molecule has 2 unspecified atom stereocenters. The molecule has 1 aliphatic rings. The molecule has 2 heterocycles. The molecule has 0 aliphatic carbocycles. The number of rotatable bonds is 1. The second-order valence-electron chi connectivity index (χ2n) is 5.29. The van der Waals surface area contributed by atoms with Crippen LogP contribution in [-0.4, -0.2) is 30.4 Å². The highest BCUT2D eigenvalue weighted by atomic mass is 32.1. The van der Waals surface area contributed by atoms with E-state index in [2.05, 4.69) is 25.7 Å². The van der Waals surface area contributed by atoms with Crippen molar-refractivity contribution in [3.05, 3.63) is 21.4 Å². The van der Waals surface area contributed by atoms with Crippen LogP contribution in [0.4, 0.5) is 0 Å². The van der Waals surface area contributed by atoms with Crippen LogP contribution in [0, 0.1) is 30.6 Å². The number of likely N-dealkylation sites (tertiary alicyclic amines) is 1. The van der Waals surface area contributed by atoms with Crippen molar-refractivity contribution in [3.8, 4) is 11.8 Å². The lowest BCUT2D eigenvalue weighted by Gasteiger charge is -2.14. The van der Waals surface area contributed by atoms with Crippen molar-refractivity contribution in [2.45, 2.75) is 20.8 Å². The maximum Gasteiger partial charge on any atom is 0.263 e. The smallest absolute Gasteiger partial charge is 0.263 e. The van der Waals surface area contributed by atoms with Gasteiger partial charge in [-0.05, 0) is 30.4 Å². The van der Waals surface area contributed by atoms with Gasteiger partial charge in [0.2, 0.25) is 0 Å². The number of nitrogens with two attached hydrogens (primary N) is 1. The van der Waals surface area contributed by atoms with Crippen LogP contribution in [-0.2, 0) is 0 Å². The Labute approximate surface area is 118 Å². The minimum absolute atomic E-state index is 0.144. The van der Waals surface area contributed by atoms with Gasteiger partial charge in [0.25, 0.3) is 5.91 Å². The zero-order chi connectivity index (χ0) is 14.0. The van der Waals surface area contributed by atoms with Crippen LogP contribution in [0.1, 0.15) is 34.0 Å². The Balaban J connectivity index is 2.16. The minimum Gasteiger partial charge on any atom is -0.337 e. The van der Waals surface area contributed by atoms with Gasteiger partial charge in [0, 0.05) is 13.1 Å². The van der Waals surface area contributed by atoms with Crippen molar-refractivity contribution in [2.75, 3.05) is 19.6 Å². The summed E-state index contributed by atoms with van der Waals surface area (Å²) in [6, 6.07) is 1.95. The van der Waals surface area contributed by atoms with Gasteiger partial charge in [-0.2, -0.15) is 0 Å². The summed E-state index contributed by atoms with van der Waals surface area (Å²) in [4.78, 5) is 16.1. The monoisotopic (exact) mass is 276 g/mol. The molecule has 0 spiro atoms. The van der Waals surface area contributed by atoms with Crippen molar-refractivity contribution >= 4 is 17.2 Å². The summed E-state index contributed by atoms with van der Waals surface area (Å²) >= 11 is 1.48. The molecule has 0 saturated carbocycles. The lowest BCUT2D eigenvalue weighted by molar-refractivity contribution is 0.0789. The van der Waals surface area contributed by atoms with Gasteiger partial charge < -0.3 is 10.6 Å². The molecule has 1 saturated heterocycles. The molecule has 4 heteroatoms. The number of nitrogens with zero attached hydrogens (tertiary/aromatic N) is 1. The van der Waals surface area contributed by atoms with E-state index in [-0.39, 0.29) is 5.91 Å². The minimum atomic E-state index is 0.144. The van der Waals surface area contributed by atoms with E-state index in [0.717, 1.165) is 28.4 Å². The van der Waals surface area contributed by atoms with Gasteiger partial charge in [0.1, 0.15) is 0 Å². The van der Waals surface area contributed by atoms with Gasteiger partial charge in [-0.3, -0.25) is 4.79 Å². The maximum atomic E-state index is 12.4. The normalized spacial score (nSPS) is 22.2. The Morgan fingerprint density at radius 2 is 2.11 bits per heavy atom. The van der Waals surface area contributed by atoms with Gasteiger partial charge in [0.15, 0.2) is 0 Å². The first-order valence-corrected chi connectivity index (χ1v) is 7.43. The average Bonchev–Trinajstić information content (AvgIpc) is 2.90. The van der Waals surface area contributed by atoms with E-state index in [1.54, 1.807) is 0 Å². The number of hydrogen-bond donors (Lipinski definition) is 1. The van der Waals surface area contributed by atoms with Crippen molar-refractivity contribution < 1.29 is 4.79 Å². The van der Waals surface area contributed by atoms with Gasteiger partial charge in [-0.25, -0.2) is 0 Å². The SMILES string of the molecule is Cc1cc(C(=O)N2CC(C)C(C)C2)sc1C#CCN. The second kappa shape index (κ2) is 5.77. The molecule has 3 nitrogen and oxygen atoms in total. The predicted octanol–water partition coefficient (Wildman–Crippen LogP) is 2.09. The van der Waals surface area contributed by atoms with Crippen LogP contribution in [0.5, 0.6) is 0 Å². The third-order valence-corrected chi connectivity index (χ3v) is 4.85. The summed E-state index contributed by atoms with van der Waals surface area (Å²) < 4.78 is 0. The lowest BCUT2D eigenvalue weighted by atomic mass is 10.0. The fourth-order valence-electron chi connectivity index (χ4n) is 2.29. The summed E-state index contributed by atoms with van der Waals surface area (Å²) in [5.41, 5.74) is 6.44. The Hall–Kier alpha value is -1.31. The van der Waals surface area contributed by atoms with E-state index in [4.69, 9.17) is 5.73 Å². The van der Waals surface area contributed by atoms with Crippen LogP contribution in [0.2, 0.25) is 0 Å². The van der Waals surface area contributed by atoms with Gasteiger partial charge in [-0.15, -0.1) is 11.3 Å². The first kappa shape index (κ1) is 14.1. The second-order valence-corrected chi connectivity index (χ2v) is 6.35. The lowest BCUT2D eigenvalue weighted by Crippen LogP contribution is -2.28. The summed E-state index contributed by atoms with van der Waals surface area (Å²) in [6.07, 6.45) is 0. The quantitative estimate of drug-likeness (QED) is 0.798. The molecule has 1 aromatic heterocycles. The number of thiophene rings is 1. The molecule has 1 fully saturated rings. The van der Waals surface area contributed by atoms with Crippen LogP contribution >= 0.6 is 11.3 Å². The molecule has 19 heavy (non-hydrogen) atoms. The zero-order valence-electron chi connectivity index (χ0n) is 11.7. The fraction of sp³-hybridized carbons (Fsp3) is 0.533. The van der Waals surface area contributed by atoms with Crippen LogP contribution in [0.3, 0.4) is 0 Å². The molecule has 1 amide bonds. The zero-order valence-corrected chi connectivity index (χ0v) is 12.5. The molecule has 1 aliphatic heterocycles. The maximum absolute atomic E-state index is 12.4. The molecule has 102 valence electrons. The number of amides is 1. The molecule has 0 radical (unpaired) electrons. The number of carbonyl (C=O) groups excluding carboxylic acids is 1. The molecular weight excluding hydrogens is 256 g/mol. The van der Waals surface area contributed by atoms with Crippen molar-refractivity contribution in [3.63, 3.8) is 0 Å². The fourth-order valence-corrected chi connectivity index (χ4v) is 3.31. The molecule has 2 atom stereocenters. The molecule has 2 N–H and O–H groups in total. The molecular formula is C15H20N2OS. The third kappa shape index (κ3) is 2.99. The molecule has 0 aromatic carbocycles. The van der Waals surface area contributed by atoms with Gasteiger partial charge in [-0.1, -0.05) is 25.7 Å². The van der Waals surface area contributed by atoms with Crippen molar-refractivity contribution in [2.24, 2.45) is 17.6 Å². The number of aryl methyl sites for hydroxylation is 1.